The number of esters is 1. The Labute approximate surface area is 88.5 Å². The van der Waals surface area contributed by atoms with Gasteiger partial charge in [0.05, 0.1) is 6.61 Å². The molecule has 0 aliphatic carbocycles. The van der Waals surface area contributed by atoms with Gasteiger partial charge in [0.2, 0.25) is 0 Å². The second kappa shape index (κ2) is 6.59. The molecule has 1 rings (SSSR count). The third-order valence-electron chi connectivity index (χ3n) is 1.59. The van der Waals surface area contributed by atoms with E-state index in [0.717, 1.165) is 11.8 Å². The fourth-order valence-electron chi connectivity index (χ4n) is 0.946. The molecule has 0 saturated heterocycles. The Kier molecular flexibility index (Phi) is 4.94. The summed E-state index contributed by atoms with van der Waals surface area (Å²) >= 11 is 0. The highest BCUT2D eigenvalue weighted by Gasteiger charge is 1.94. The van der Waals surface area contributed by atoms with Crippen LogP contribution in [0, 0.1) is 0 Å². The number of carbonyl (C=O) groups excluding carboxylic acids is 1. The second-order valence-corrected chi connectivity index (χ2v) is 2.75. The van der Waals surface area contributed by atoms with Gasteiger partial charge in [0, 0.05) is 0 Å². The molecule has 0 spiro atoms. The Bertz CT molecular complexity index is 322. The van der Waals surface area contributed by atoms with Crippen LogP contribution in [0.3, 0.4) is 0 Å². The Balaban J connectivity index is 2.24. The lowest BCUT2D eigenvalue weighted by Crippen LogP contribution is -2.05. The first-order valence-electron chi connectivity index (χ1n) is 4.69. The van der Waals surface area contributed by atoms with Gasteiger partial charge in [0.25, 0.3) is 0 Å². The van der Waals surface area contributed by atoms with E-state index in [2.05, 4.69) is 9.89 Å². The summed E-state index contributed by atoms with van der Waals surface area (Å²) in [5, 5.41) is 3.49. The number of nitrogens with zero attached hydrogens (tertiary/aromatic N) is 1. The minimum atomic E-state index is -0.495. The fraction of sp³-hybridized carbons (Fsp3) is 0.273. The molecule has 0 aliphatic rings. The molecule has 0 radical (unpaired) electrons. The van der Waals surface area contributed by atoms with Crippen molar-refractivity contribution in [2.45, 2.75) is 13.5 Å². The van der Waals surface area contributed by atoms with Crippen LogP contribution < -0.4 is 0 Å². The minimum Gasteiger partial charge on any atom is -0.462 e. The molecule has 0 aromatic heterocycles. The lowest BCUT2D eigenvalue weighted by atomic mass is 10.2. The molecule has 0 bridgehead atoms. The third-order valence-corrected chi connectivity index (χ3v) is 1.59. The quantitative estimate of drug-likeness (QED) is 0.420. The lowest BCUT2D eigenvalue weighted by Gasteiger charge is -1.98. The molecule has 0 amide bonds. The summed E-state index contributed by atoms with van der Waals surface area (Å²) in [5.41, 5.74) is 0.999. The van der Waals surface area contributed by atoms with Crippen LogP contribution in [0.15, 0.2) is 35.5 Å². The smallest absolute Gasteiger partial charge is 0.352 e. The Morgan fingerprint density at radius 3 is 2.80 bits per heavy atom. The molecule has 80 valence electrons. The first kappa shape index (κ1) is 11.2. The van der Waals surface area contributed by atoms with Crippen molar-refractivity contribution in [3.8, 4) is 0 Å². The van der Waals surface area contributed by atoms with Gasteiger partial charge in [-0.2, -0.15) is 0 Å². The van der Waals surface area contributed by atoms with Crippen LogP contribution in [0.5, 0.6) is 0 Å². The van der Waals surface area contributed by atoms with Crippen LogP contribution in [0.25, 0.3) is 0 Å². The molecule has 0 atom stereocenters. The SMILES string of the molecule is CCOC(=O)/C=N\OCc1ccccc1. The van der Waals surface area contributed by atoms with Crippen LogP contribution in [0.2, 0.25) is 0 Å². The van der Waals surface area contributed by atoms with E-state index in [9.17, 15) is 4.79 Å². The van der Waals surface area contributed by atoms with Crippen molar-refractivity contribution in [1.29, 1.82) is 0 Å². The van der Waals surface area contributed by atoms with Crippen LogP contribution >= 0.6 is 0 Å². The zero-order valence-electron chi connectivity index (χ0n) is 8.55. The van der Waals surface area contributed by atoms with Gasteiger partial charge in [-0.1, -0.05) is 35.5 Å². The van der Waals surface area contributed by atoms with E-state index in [1.54, 1.807) is 6.92 Å². The van der Waals surface area contributed by atoms with E-state index in [4.69, 9.17) is 4.84 Å². The molecule has 0 aliphatic heterocycles. The normalized spacial score (nSPS) is 10.2. The molecule has 1 aromatic carbocycles. The maximum absolute atomic E-state index is 10.8. The molecular weight excluding hydrogens is 194 g/mol. The number of hydrogen-bond donors (Lipinski definition) is 0. The van der Waals surface area contributed by atoms with Gasteiger partial charge in [0.15, 0.2) is 6.21 Å². The lowest BCUT2D eigenvalue weighted by molar-refractivity contribution is -0.134. The molecule has 0 saturated carbocycles. The molecule has 4 heteroatoms. The minimum absolute atomic E-state index is 0.337. The third kappa shape index (κ3) is 4.81. The van der Waals surface area contributed by atoms with Crippen LogP contribution in [-0.4, -0.2) is 18.8 Å². The molecule has 1 aromatic rings. The number of carbonyl (C=O) groups is 1. The van der Waals surface area contributed by atoms with E-state index < -0.39 is 5.97 Å². The van der Waals surface area contributed by atoms with Gasteiger partial charge in [-0.3, -0.25) is 0 Å². The van der Waals surface area contributed by atoms with Crippen molar-refractivity contribution in [2.75, 3.05) is 6.61 Å². The summed E-state index contributed by atoms with van der Waals surface area (Å²) in [6.45, 7) is 2.41. The van der Waals surface area contributed by atoms with Gasteiger partial charge in [-0.25, -0.2) is 4.79 Å². The summed E-state index contributed by atoms with van der Waals surface area (Å²) in [6.07, 6.45) is 1.02. The topological polar surface area (TPSA) is 47.9 Å². The summed E-state index contributed by atoms with van der Waals surface area (Å²) in [4.78, 5) is 15.7. The van der Waals surface area contributed by atoms with Gasteiger partial charge < -0.3 is 9.57 Å². The monoisotopic (exact) mass is 207 g/mol. The Hall–Kier alpha value is -1.84. The highest BCUT2D eigenvalue weighted by Crippen LogP contribution is 1.99. The number of rotatable bonds is 5. The fourth-order valence-corrected chi connectivity index (χ4v) is 0.946. The zero-order valence-corrected chi connectivity index (χ0v) is 8.55. The van der Waals surface area contributed by atoms with Crippen LogP contribution in [0.1, 0.15) is 12.5 Å². The maximum atomic E-state index is 10.8. The number of hydrogen-bond acceptors (Lipinski definition) is 4. The number of benzene rings is 1. The van der Waals surface area contributed by atoms with E-state index >= 15 is 0 Å². The van der Waals surface area contributed by atoms with Crippen molar-refractivity contribution < 1.29 is 14.4 Å². The number of ether oxygens (including phenoxy) is 1. The summed E-state index contributed by atoms with van der Waals surface area (Å²) in [7, 11) is 0. The van der Waals surface area contributed by atoms with Crippen molar-refractivity contribution >= 4 is 12.2 Å². The molecule has 15 heavy (non-hydrogen) atoms. The van der Waals surface area contributed by atoms with E-state index in [0.29, 0.717) is 13.2 Å². The average molecular weight is 207 g/mol. The molecule has 4 nitrogen and oxygen atoms in total. The van der Waals surface area contributed by atoms with Gasteiger partial charge in [-0.15, -0.1) is 0 Å². The van der Waals surface area contributed by atoms with Crippen molar-refractivity contribution in [1.82, 2.24) is 0 Å². The largest absolute Gasteiger partial charge is 0.462 e. The highest BCUT2D eigenvalue weighted by atomic mass is 16.6. The molecule has 0 unspecified atom stereocenters. The average Bonchev–Trinajstić information content (AvgIpc) is 2.26. The van der Waals surface area contributed by atoms with Crippen LogP contribution in [-0.2, 0) is 21.0 Å². The van der Waals surface area contributed by atoms with Crippen molar-refractivity contribution in [2.24, 2.45) is 5.16 Å². The predicted molar refractivity (Wildman–Crippen MR) is 56.4 cm³/mol. The maximum Gasteiger partial charge on any atom is 0.352 e. The van der Waals surface area contributed by atoms with E-state index in [1.165, 1.54) is 0 Å². The standard InChI is InChI=1S/C11H13NO3/c1-2-14-11(13)8-12-15-9-10-6-4-3-5-7-10/h3-8H,2,9H2,1H3/b12-8-. The molecule has 0 fully saturated rings. The summed E-state index contributed by atoms with van der Waals surface area (Å²) in [5.74, 6) is -0.495. The molecular formula is C11H13NO3. The highest BCUT2D eigenvalue weighted by molar-refractivity contribution is 6.22. The van der Waals surface area contributed by atoms with Gasteiger partial charge in [-0.05, 0) is 12.5 Å². The first-order valence-corrected chi connectivity index (χ1v) is 4.69. The predicted octanol–water partition coefficient (Wildman–Crippen LogP) is 1.75. The van der Waals surface area contributed by atoms with Crippen molar-refractivity contribution in [3.05, 3.63) is 35.9 Å². The molecule has 0 heterocycles. The first-order chi connectivity index (χ1) is 7.33. The Morgan fingerprint density at radius 2 is 2.13 bits per heavy atom. The summed E-state index contributed by atoms with van der Waals surface area (Å²) < 4.78 is 4.63. The van der Waals surface area contributed by atoms with Crippen molar-refractivity contribution in [3.63, 3.8) is 0 Å². The number of oxime groups is 1. The molecule has 0 N–H and O–H groups in total. The van der Waals surface area contributed by atoms with E-state index in [-0.39, 0.29) is 0 Å². The summed E-state index contributed by atoms with van der Waals surface area (Å²) in [6, 6.07) is 9.58. The van der Waals surface area contributed by atoms with E-state index in [1.807, 2.05) is 30.3 Å². The Morgan fingerprint density at radius 1 is 1.40 bits per heavy atom. The zero-order chi connectivity index (χ0) is 10.9. The van der Waals surface area contributed by atoms with Gasteiger partial charge >= 0.3 is 5.97 Å². The second-order valence-electron chi connectivity index (χ2n) is 2.75. The van der Waals surface area contributed by atoms with Crippen LogP contribution in [0.4, 0.5) is 0 Å². The van der Waals surface area contributed by atoms with Gasteiger partial charge in [0.1, 0.15) is 6.61 Å².